The standard InChI is InChI=1S/C10H15NO/c1-8(2)12-10-5-3-4-9(6-10)7-11/h3-4,6-8,10-11H,5H2,1-2H3. The van der Waals surface area contributed by atoms with Crippen LogP contribution in [0.3, 0.4) is 0 Å². The van der Waals surface area contributed by atoms with Crippen LogP contribution >= 0.6 is 0 Å². The molecule has 66 valence electrons. The van der Waals surface area contributed by atoms with Gasteiger partial charge in [-0.2, -0.15) is 0 Å². The summed E-state index contributed by atoms with van der Waals surface area (Å²) < 4.78 is 5.59. The van der Waals surface area contributed by atoms with Gasteiger partial charge >= 0.3 is 0 Å². The molecule has 0 amide bonds. The average Bonchev–Trinajstić information content (AvgIpc) is 2.03. The molecule has 12 heavy (non-hydrogen) atoms. The molecule has 0 aliphatic heterocycles. The Kier molecular flexibility index (Phi) is 3.23. The molecule has 2 heteroatoms. The highest BCUT2D eigenvalue weighted by atomic mass is 16.5. The Hall–Kier alpha value is -0.890. The molecule has 1 atom stereocenters. The monoisotopic (exact) mass is 165 g/mol. The first-order valence-corrected chi connectivity index (χ1v) is 4.26. The van der Waals surface area contributed by atoms with Crippen molar-refractivity contribution < 1.29 is 4.74 Å². The van der Waals surface area contributed by atoms with Crippen molar-refractivity contribution in [3.63, 3.8) is 0 Å². The molecule has 0 heterocycles. The third-order valence-electron chi connectivity index (χ3n) is 1.67. The molecule has 0 saturated heterocycles. The van der Waals surface area contributed by atoms with Crippen molar-refractivity contribution in [3.05, 3.63) is 23.8 Å². The van der Waals surface area contributed by atoms with Gasteiger partial charge in [0.05, 0.1) is 12.2 Å². The van der Waals surface area contributed by atoms with E-state index in [0.717, 1.165) is 12.0 Å². The van der Waals surface area contributed by atoms with Crippen LogP contribution in [0.25, 0.3) is 0 Å². The van der Waals surface area contributed by atoms with Crippen molar-refractivity contribution >= 4 is 6.21 Å². The third kappa shape index (κ3) is 2.62. The van der Waals surface area contributed by atoms with Crippen LogP contribution in [0.5, 0.6) is 0 Å². The molecule has 0 aromatic carbocycles. The van der Waals surface area contributed by atoms with Crippen LogP contribution in [-0.2, 0) is 4.74 Å². The summed E-state index contributed by atoms with van der Waals surface area (Å²) in [5, 5.41) is 7.07. The van der Waals surface area contributed by atoms with Gasteiger partial charge in [0.15, 0.2) is 0 Å². The predicted molar refractivity (Wildman–Crippen MR) is 50.6 cm³/mol. The quantitative estimate of drug-likeness (QED) is 0.639. The normalized spacial score (nSPS) is 22.6. The van der Waals surface area contributed by atoms with E-state index in [-0.39, 0.29) is 12.2 Å². The van der Waals surface area contributed by atoms with Crippen LogP contribution in [-0.4, -0.2) is 18.4 Å². The lowest BCUT2D eigenvalue weighted by Crippen LogP contribution is -2.17. The lowest BCUT2D eigenvalue weighted by molar-refractivity contribution is 0.0366. The number of allylic oxidation sites excluding steroid dienone is 2. The molecule has 0 aromatic heterocycles. The first-order valence-electron chi connectivity index (χ1n) is 4.26. The minimum Gasteiger partial charge on any atom is -0.371 e. The highest BCUT2D eigenvalue weighted by Crippen LogP contribution is 2.13. The van der Waals surface area contributed by atoms with Gasteiger partial charge in [-0.25, -0.2) is 0 Å². The summed E-state index contributed by atoms with van der Waals surface area (Å²) in [6.45, 7) is 4.05. The molecule has 1 unspecified atom stereocenters. The maximum Gasteiger partial charge on any atom is 0.0803 e. The van der Waals surface area contributed by atoms with E-state index < -0.39 is 0 Å². The largest absolute Gasteiger partial charge is 0.371 e. The predicted octanol–water partition coefficient (Wildman–Crippen LogP) is 2.32. The van der Waals surface area contributed by atoms with Gasteiger partial charge in [0, 0.05) is 6.21 Å². The van der Waals surface area contributed by atoms with E-state index >= 15 is 0 Å². The Morgan fingerprint density at radius 3 is 3.00 bits per heavy atom. The number of hydrogen-bond acceptors (Lipinski definition) is 2. The highest BCUT2D eigenvalue weighted by molar-refractivity contribution is 5.80. The van der Waals surface area contributed by atoms with E-state index in [1.807, 2.05) is 32.1 Å². The zero-order valence-electron chi connectivity index (χ0n) is 7.58. The van der Waals surface area contributed by atoms with Gasteiger partial charge in [-0.05, 0) is 31.9 Å². The Balaban J connectivity index is 2.53. The molecule has 0 spiro atoms. The summed E-state index contributed by atoms with van der Waals surface area (Å²) in [6, 6.07) is 0. The van der Waals surface area contributed by atoms with Gasteiger partial charge < -0.3 is 10.1 Å². The second kappa shape index (κ2) is 4.21. The number of nitrogens with one attached hydrogen (secondary N) is 1. The maximum atomic E-state index is 7.07. The van der Waals surface area contributed by atoms with Crippen molar-refractivity contribution in [2.75, 3.05) is 0 Å². The minimum absolute atomic E-state index is 0.159. The first kappa shape index (κ1) is 9.20. The first-order chi connectivity index (χ1) is 5.72. The van der Waals surface area contributed by atoms with Crippen LogP contribution in [0.4, 0.5) is 0 Å². The Morgan fingerprint density at radius 2 is 2.42 bits per heavy atom. The summed E-state index contributed by atoms with van der Waals surface area (Å²) in [5.41, 5.74) is 0.937. The molecule has 1 rings (SSSR count). The summed E-state index contributed by atoms with van der Waals surface area (Å²) in [4.78, 5) is 0. The Labute approximate surface area is 73.4 Å². The Morgan fingerprint density at radius 1 is 1.67 bits per heavy atom. The zero-order valence-corrected chi connectivity index (χ0v) is 7.58. The van der Waals surface area contributed by atoms with Crippen LogP contribution in [0.1, 0.15) is 20.3 Å². The number of rotatable bonds is 3. The van der Waals surface area contributed by atoms with Crippen LogP contribution < -0.4 is 0 Å². The van der Waals surface area contributed by atoms with E-state index in [0.29, 0.717) is 0 Å². The van der Waals surface area contributed by atoms with Crippen LogP contribution in [0.15, 0.2) is 23.8 Å². The number of hydrogen-bond donors (Lipinski definition) is 1. The van der Waals surface area contributed by atoms with Gasteiger partial charge in [0.25, 0.3) is 0 Å². The van der Waals surface area contributed by atoms with Crippen molar-refractivity contribution in [3.8, 4) is 0 Å². The molecule has 1 N–H and O–H groups in total. The van der Waals surface area contributed by atoms with E-state index in [2.05, 4.69) is 0 Å². The SMILES string of the molecule is CC(C)OC1C=C(C=N)C=CC1. The van der Waals surface area contributed by atoms with Crippen LogP contribution in [0, 0.1) is 5.41 Å². The molecular formula is C10H15NO. The van der Waals surface area contributed by atoms with Crippen molar-refractivity contribution in [1.82, 2.24) is 0 Å². The van der Waals surface area contributed by atoms with E-state index in [9.17, 15) is 0 Å². The van der Waals surface area contributed by atoms with Gasteiger partial charge in [0.1, 0.15) is 0 Å². The topological polar surface area (TPSA) is 33.1 Å². The van der Waals surface area contributed by atoms with Gasteiger partial charge in [-0.1, -0.05) is 12.2 Å². The highest BCUT2D eigenvalue weighted by Gasteiger charge is 2.09. The second-order valence-electron chi connectivity index (χ2n) is 3.17. The fourth-order valence-electron chi connectivity index (χ4n) is 1.22. The molecule has 0 radical (unpaired) electrons. The van der Waals surface area contributed by atoms with Gasteiger partial charge in [-0.15, -0.1) is 0 Å². The average molecular weight is 165 g/mol. The molecule has 1 aliphatic carbocycles. The second-order valence-corrected chi connectivity index (χ2v) is 3.17. The fraction of sp³-hybridized carbons (Fsp3) is 0.500. The van der Waals surface area contributed by atoms with Gasteiger partial charge in [-0.3, -0.25) is 0 Å². The molecule has 0 saturated carbocycles. The van der Waals surface area contributed by atoms with Crippen molar-refractivity contribution in [2.24, 2.45) is 0 Å². The van der Waals surface area contributed by atoms with Crippen molar-refractivity contribution in [2.45, 2.75) is 32.5 Å². The summed E-state index contributed by atoms with van der Waals surface area (Å²) in [6.07, 6.45) is 8.69. The summed E-state index contributed by atoms with van der Waals surface area (Å²) >= 11 is 0. The minimum atomic E-state index is 0.159. The molecule has 2 nitrogen and oxygen atoms in total. The van der Waals surface area contributed by atoms with E-state index in [1.54, 1.807) is 0 Å². The van der Waals surface area contributed by atoms with E-state index in [1.165, 1.54) is 6.21 Å². The summed E-state index contributed by atoms with van der Waals surface area (Å²) in [5.74, 6) is 0. The summed E-state index contributed by atoms with van der Waals surface area (Å²) in [7, 11) is 0. The van der Waals surface area contributed by atoms with E-state index in [4.69, 9.17) is 10.1 Å². The smallest absolute Gasteiger partial charge is 0.0803 e. The number of ether oxygens (including phenoxy) is 1. The van der Waals surface area contributed by atoms with Gasteiger partial charge in [0.2, 0.25) is 0 Å². The lowest BCUT2D eigenvalue weighted by Gasteiger charge is -2.18. The van der Waals surface area contributed by atoms with Crippen LogP contribution in [0.2, 0.25) is 0 Å². The third-order valence-corrected chi connectivity index (χ3v) is 1.67. The molecule has 0 fully saturated rings. The molecule has 1 aliphatic rings. The maximum absolute atomic E-state index is 7.07. The molecule has 0 bridgehead atoms. The lowest BCUT2D eigenvalue weighted by atomic mass is 10.1. The Bertz CT molecular complexity index is 216. The zero-order chi connectivity index (χ0) is 8.97. The van der Waals surface area contributed by atoms with Crippen molar-refractivity contribution in [1.29, 1.82) is 5.41 Å². The fourth-order valence-corrected chi connectivity index (χ4v) is 1.22. The molecular weight excluding hydrogens is 150 g/mol. The molecule has 0 aromatic rings.